The van der Waals surface area contributed by atoms with E-state index in [2.05, 4.69) is 10.6 Å². The van der Waals surface area contributed by atoms with Gasteiger partial charge >= 0.3 is 6.09 Å². The summed E-state index contributed by atoms with van der Waals surface area (Å²) in [6.07, 6.45) is -1.77. The molecule has 0 spiro atoms. The monoisotopic (exact) mass is 440 g/mol. The summed E-state index contributed by atoms with van der Waals surface area (Å²) < 4.78 is 19.8. The van der Waals surface area contributed by atoms with Crippen LogP contribution in [0.4, 0.5) is 20.6 Å². The molecular weight excluding hydrogens is 419 g/mol. The van der Waals surface area contributed by atoms with E-state index in [-0.39, 0.29) is 25.2 Å². The van der Waals surface area contributed by atoms with Gasteiger partial charge in [0.05, 0.1) is 42.0 Å². The van der Waals surface area contributed by atoms with E-state index in [4.69, 9.17) is 4.74 Å². The SMILES string of the molecule is O=C1N[C@@H]2CN(c3ccc(NC[C@@H](O)CN4C(=O)c5ccccc5C4=O)cc3F)C[C@@H]2O1. The normalized spacial score (nSPS) is 22.5. The molecule has 2 fully saturated rings. The average molecular weight is 440 g/mol. The van der Waals surface area contributed by atoms with Crippen LogP contribution < -0.4 is 15.5 Å². The van der Waals surface area contributed by atoms with Gasteiger partial charge in [0.2, 0.25) is 0 Å². The van der Waals surface area contributed by atoms with E-state index in [1.54, 1.807) is 36.4 Å². The van der Waals surface area contributed by atoms with E-state index in [0.29, 0.717) is 35.6 Å². The summed E-state index contributed by atoms with van der Waals surface area (Å²) in [5, 5.41) is 16.0. The fourth-order valence-electron chi connectivity index (χ4n) is 4.34. The van der Waals surface area contributed by atoms with Gasteiger partial charge in [0.25, 0.3) is 11.8 Å². The number of anilines is 2. The van der Waals surface area contributed by atoms with E-state index < -0.39 is 29.8 Å². The number of rotatable bonds is 6. The topological polar surface area (TPSA) is 111 Å². The summed E-state index contributed by atoms with van der Waals surface area (Å²) in [7, 11) is 0. The van der Waals surface area contributed by atoms with E-state index in [1.807, 2.05) is 4.90 Å². The Morgan fingerprint density at radius 3 is 2.50 bits per heavy atom. The lowest BCUT2D eigenvalue weighted by Crippen LogP contribution is -2.39. The standard InChI is InChI=1S/C22H21FN4O5/c23-16-7-12(5-6-18(16)26-10-17-19(11-26)32-22(31)25-17)24-8-13(28)9-27-20(29)14-3-1-2-4-15(14)21(27)30/h1-7,13,17,19,24,28H,8-11H2,(H,25,31)/t13-,17-,19+/m1/s1. The minimum absolute atomic E-state index is 0.0277. The van der Waals surface area contributed by atoms with Gasteiger partial charge in [-0.05, 0) is 30.3 Å². The van der Waals surface area contributed by atoms with E-state index in [9.17, 15) is 23.9 Å². The van der Waals surface area contributed by atoms with Crippen LogP contribution in [0.15, 0.2) is 42.5 Å². The van der Waals surface area contributed by atoms with Crippen LogP contribution in [-0.4, -0.2) is 72.3 Å². The average Bonchev–Trinajstić information content (AvgIpc) is 3.39. The lowest BCUT2D eigenvalue weighted by Gasteiger charge is -2.21. The third kappa shape index (κ3) is 3.52. The molecule has 3 aliphatic heterocycles. The first kappa shape index (κ1) is 20.3. The van der Waals surface area contributed by atoms with Crippen molar-refractivity contribution in [2.24, 2.45) is 0 Å². The highest BCUT2D eigenvalue weighted by Crippen LogP contribution is 2.29. The van der Waals surface area contributed by atoms with Crippen molar-refractivity contribution in [1.82, 2.24) is 10.2 Å². The number of imide groups is 1. The van der Waals surface area contributed by atoms with E-state index >= 15 is 0 Å². The Morgan fingerprint density at radius 2 is 1.84 bits per heavy atom. The number of carbonyl (C=O) groups excluding carboxylic acids is 3. The first-order chi connectivity index (χ1) is 15.4. The van der Waals surface area contributed by atoms with Crippen LogP contribution in [0.3, 0.4) is 0 Å². The van der Waals surface area contributed by atoms with Crippen LogP contribution in [0.5, 0.6) is 0 Å². The molecule has 0 unspecified atom stereocenters. The number of halogens is 1. The molecule has 166 valence electrons. The van der Waals surface area contributed by atoms with Crippen LogP contribution in [-0.2, 0) is 4.74 Å². The molecule has 32 heavy (non-hydrogen) atoms. The quantitative estimate of drug-likeness (QED) is 0.579. The predicted molar refractivity (Wildman–Crippen MR) is 112 cm³/mol. The Labute approximate surface area is 182 Å². The molecule has 3 aliphatic rings. The Kier molecular flexibility index (Phi) is 4.93. The number of nitrogens with one attached hydrogen (secondary N) is 2. The number of fused-ring (bicyclic) bond motifs is 2. The molecule has 3 atom stereocenters. The van der Waals surface area contributed by atoms with Gasteiger partial charge in [0.1, 0.15) is 11.9 Å². The number of carbonyl (C=O) groups is 3. The zero-order chi connectivity index (χ0) is 22.4. The van der Waals surface area contributed by atoms with Gasteiger partial charge in [-0.25, -0.2) is 9.18 Å². The Bertz CT molecular complexity index is 1060. The molecule has 2 saturated heterocycles. The molecule has 0 saturated carbocycles. The van der Waals surface area contributed by atoms with Crippen molar-refractivity contribution in [3.05, 3.63) is 59.4 Å². The number of nitrogens with zero attached hydrogens (tertiary/aromatic N) is 2. The lowest BCUT2D eigenvalue weighted by molar-refractivity contribution is 0.0557. The van der Waals surface area contributed by atoms with Crippen molar-refractivity contribution in [1.29, 1.82) is 0 Å². The number of benzene rings is 2. The summed E-state index contributed by atoms with van der Waals surface area (Å²) >= 11 is 0. The number of aliphatic hydroxyl groups is 1. The van der Waals surface area contributed by atoms with Crippen molar-refractivity contribution in [2.45, 2.75) is 18.2 Å². The van der Waals surface area contributed by atoms with Gasteiger partial charge < -0.3 is 25.4 Å². The molecule has 0 aromatic heterocycles. The molecule has 3 N–H and O–H groups in total. The molecule has 0 radical (unpaired) electrons. The van der Waals surface area contributed by atoms with Gasteiger partial charge in [-0.2, -0.15) is 0 Å². The number of amides is 3. The highest BCUT2D eigenvalue weighted by atomic mass is 19.1. The van der Waals surface area contributed by atoms with Crippen molar-refractivity contribution >= 4 is 29.3 Å². The minimum Gasteiger partial charge on any atom is -0.442 e. The number of alkyl carbamates (subject to hydrolysis) is 1. The summed E-state index contributed by atoms with van der Waals surface area (Å²) in [5.41, 5.74) is 1.50. The van der Waals surface area contributed by atoms with E-state index in [1.165, 1.54) is 6.07 Å². The molecular formula is C22H21FN4O5. The van der Waals surface area contributed by atoms with Crippen LogP contribution in [0.25, 0.3) is 0 Å². The Morgan fingerprint density at radius 1 is 1.12 bits per heavy atom. The second kappa shape index (κ2) is 7.79. The first-order valence-corrected chi connectivity index (χ1v) is 10.3. The molecule has 3 heterocycles. The highest BCUT2D eigenvalue weighted by molar-refractivity contribution is 6.21. The van der Waals surface area contributed by atoms with Crippen molar-refractivity contribution < 1.29 is 28.6 Å². The molecule has 0 bridgehead atoms. The van der Waals surface area contributed by atoms with Crippen LogP contribution in [0.1, 0.15) is 20.7 Å². The molecule has 2 aromatic carbocycles. The second-order valence-electron chi connectivity index (χ2n) is 8.07. The van der Waals surface area contributed by atoms with Crippen LogP contribution in [0.2, 0.25) is 0 Å². The molecule has 10 heteroatoms. The second-order valence-corrected chi connectivity index (χ2v) is 8.07. The summed E-state index contributed by atoms with van der Waals surface area (Å²) in [5.74, 6) is -1.32. The van der Waals surface area contributed by atoms with Gasteiger partial charge in [-0.15, -0.1) is 0 Å². The summed E-state index contributed by atoms with van der Waals surface area (Å²) in [4.78, 5) is 38.9. The van der Waals surface area contributed by atoms with Gasteiger partial charge in [-0.1, -0.05) is 12.1 Å². The van der Waals surface area contributed by atoms with Gasteiger partial charge in [0.15, 0.2) is 0 Å². The maximum absolute atomic E-state index is 14.7. The first-order valence-electron chi connectivity index (χ1n) is 10.3. The van der Waals surface area contributed by atoms with Crippen molar-refractivity contribution in [2.75, 3.05) is 36.4 Å². The van der Waals surface area contributed by atoms with Crippen molar-refractivity contribution in [3.8, 4) is 0 Å². The molecule has 2 aromatic rings. The Hall–Kier alpha value is -3.66. The fraction of sp³-hybridized carbons (Fsp3) is 0.318. The smallest absolute Gasteiger partial charge is 0.407 e. The number of ether oxygens (including phenoxy) is 1. The molecule has 3 amide bonds. The predicted octanol–water partition coefficient (Wildman–Crippen LogP) is 1.19. The summed E-state index contributed by atoms with van der Waals surface area (Å²) in [6, 6.07) is 11.0. The van der Waals surface area contributed by atoms with Gasteiger partial charge in [-0.3, -0.25) is 14.5 Å². The largest absolute Gasteiger partial charge is 0.442 e. The third-order valence-corrected chi connectivity index (χ3v) is 5.93. The lowest BCUT2D eigenvalue weighted by atomic mass is 10.1. The minimum atomic E-state index is -1.03. The van der Waals surface area contributed by atoms with E-state index in [0.717, 1.165) is 4.90 Å². The maximum atomic E-state index is 14.7. The molecule has 0 aliphatic carbocycles. The Balaban J connectivity index is 1.17. The third-order valence-electron chi connectivity index (χ3n) is 5.93. The molecule has 9 nitrogen and oxygen atoms in total. The maximum Gasteiger partial charge on any atom is 0.407 e. The number of hydrogen-bond donors (Lipinski definition) is 3. The summed E-state index contributed by atoms with van der Waals surface area (Å²) in [6.45, 7) is 0.729. The molecule has 5 rings (SSSR count). The fourth-order valence-corrected chi connectivity index (χ4v) is 4.34. The number of hydrogen-bond acceptors (Lipinski definition) is 7. The zero-order valence-corrected chi connectivity index (χ0v) is 17.0. The van der Waals surface area contributed by atoms with Crippen LogP contribution in [0, 0.1) is 5.82 Å². The van der Waals surface area contributed by atoms with Crippen LogP contribution >= 0.6 is 0 Å². The van der Waals surface area contributed by atoms with Crippen molar-refractivity contribution in [3.63, 3.8) is 0 Å². The number of β-amino-alcohol motifs (C(OH)–C–C–N with tert-alkyl or cyclic N) is 1. The van der Waals surface area contributed by atoms with Gasteiger partial charge in [0, 0.05) is 18.8 Å². The highest BCUT2D eigenvalue weighted by Gasteiger charge is 2.42. The number of aliphatic hydroxyl groups excluding tert-OH is 1. The zero-order valence-electron chi connectivity index (χ0n) is 17.0.